The molecule has 0 unspecified atom stereocenters. The van der Waals surface area contributed by atoms with Crippen LogP contribution in [-0.2, 0) is 14.6 Å². The van der Waals surface area contributed by atoms with E-state index in [0.717, 1.165) is 25.9 Å². The zero-order valence-electron chi connectivity index (χ0n) is 22.0. The highest BCUT2D eigenvalue weighted by Gasteiger charge is 2.45. The number of amides is 1. The van der Waals surface area contributed by atoms with Gasteiger partial charge >= 0.3 is 0 Å². The Labute approximate surface area is 226 Å². The first-order valence-electron chi connectivity index (χ1n) is 13.5. The van der Waals surface area contributed by atoms with Crippen LogP contribution < -0.4 is 15.1 Å². The summed E-state index contributed by atoms with van der Waals surface area (Å²) in [7, 11) is -3.57. The Balaban J connectivity index is 1.27. The van der Waals surface area contributed by atoms with E-state index in [4.69, 9.17) is 4.74 Å². The highest BCUT2D eigenvalue weighted by atomic mass is 32.2. The number of benzene rings is 1. The lowest BCUT2D eigenvalue weighted by Crippen LogP contribution is -2.41. The van der Waals surface area contributed by atoms with Crippen LogP contribution >= 0.6 is 0 Å². The zero-order valence-corrected chi connectivity index (χ0v) is 22.8. The summed E-state index contributed by atoms with van der Waals surface area (Å²) in [5.41, 5.74) is 1.97. The lowest BCUT2D eigenvalue weighted by Gasteiger charge is -2.35. The molecule has 210 valence electrons. The molecule has 1 aliphatic carbocycles. The highest BCUT2D eigenvalue weighted by Crippen LogP contribution is 2.54. The van der Waals surface area contributed by atoms with E-state index in [1.165, 1.54) is 18.9 Å². The summed E-state index contributed by atoms with van der Waals surface area (Å²) in [6.45, 7) is 3.89. The van der Waals surface area contributed by atoms with E-state index in [1.807, 2.05) is 0 Å². The molecule has 9 nitrogen and oxygen atoms in total. The number of carbonyl (C=O) groups is 1. The van der Waals surface area contributed by atoms with Crippen molar-refractivity contribution in [2.24, 2.45) is 5.41 Å². The van der Waals surface area contributed by atoms with Gasteiger partial charge in [-0.2, -0.15) is 4.98 Å². The van der Waals surface area contributed by atoms with Gasteiger partial charge in [-0.1, -0.05) is 0 Å². The third-order valence-corrected chi connectivity index (χ3v) is 10.6. The number of nitrogens with zero attached hydrogens (tertiary/aromatic N) is 4. The first-order valence-corrected chi connectivity index (χ1v) is 15.1. The molecular formula is C27H33F2N5O4S. The average molecular weight is 562 g/mol. The minimum Gasteiger partial charge on any atom is -0.379 e. The quantitative estimate of drug-likeness (QED) is 0.568. The van der Waals surface area contributed by atoms with Crippen LogP contribution in [0.15, 0.2) is 29.2 Å². The molecule has 1 saturated carbocycles. The maximum atomic E-state index is 13.6. The van der Waals surface area contributed by atoms with Gasteiger partial charge in [0.1, 0.15) is 11.1 Å². The van der Waals surface area contributed by atoms with Gasteiger partial charge in [0, 0.05) is 50.8 Å². The third-order valence-electron chi connectivity index (χ3n) is 8.57. The maximum Gasteiger partial charge on any atom is 0.258 e. The molecule has 3 aliphatic heterocycles. The predicted octanol–water partition coefficient (Wildman–Crippen LogP) is 3.83. The second kappa shape index (κ2) is 9.65. The number of carbonyl (C=O) groups excluding carboxylic acids is 1. The van der Waals surface area contributed by atoms with Gasteiger partial charge < -0.3 is 19.9 Å². The van der Waals surface area contributed by atoms with Crippen molar-refractivity contribution in [1.82, 2.24) is 9.97 Å². The Kier molecular flexibility index (Phi) is 6.53. The molecule has 2 aromatic rings. The van der Waals surface area contributed by atoms with Gasteiger partial charge in [0.25, 0.3) is 11.8 Å². The summed E-state index contributed by atoms with van der Waals surface area (Å²) < 4.78 is 58.7. The molecule has 0 atom stereocenters. The number of ether oxygens (including phenoxy) is 1. The van der Waals surface area contributed by atoms with Crippen molar-refractivity contribution in [2.45, 2.75) is 61.5 Å². The summed E-state index contributed by atoms with van der Waals surface area (Å²) in [4.78, 5) is 26.4. The molecular weight excluding hydrogens is 528 g/mol. The van der Waals surface area contributed by atoms with Gasteiger partial charge in [-0.25, -0.2) is 22.2 Å². The standard InChI is InChI=1S/C27H33F2N5O4S/c1-18-14-23(32-25(30-18)34-12-8-27(28,29)9-13-34)31-24(35)21-3-2-19(39(36,37)20-16-38-17-20)15-22(21)33-10-6-26(4-5-26)7-11-33/h2-3,14-15,20H,4-13,16-17H2,1H3,(H,30,31,32,35). The smallest absolute Gasteiger partial charge is 0.258 e. The SMILES string of the molecule is Cc1cc(NC(=O)c2ccc(S(=O)(=O)C3COC3)cc2N2CCC3(CC2)CC3)nc(N2CCC(F)(F)CC2)n1. The van der Waals surface area contributed by atoms with Gasteiger partial charge in [0.15, 0.2) is 9.84 Å². The lowest BCUT2D eigenvalue weighted by molar-refractivity contribution is -0.0222. The van der Waals surface area contributed by atoms with E-state index in [-0.39, 0.29) is 49.9 Å². The van der Waals surface area contributed by atoms with Gasteiger partial charge in [-0.15, -0.1) is 0 Å². The van der Waals surface area contributed by atoms with Crippen LogP contribution in [0.3, 0.4) is 0 Å². The average Bonchev–Trinajstić information content (AvgIpc) is 3.61. The summed E-state index contributed by atoms with van der Waals surface area (Å²) in [6.07, 6.45) is 3.96. The number of alkyl halides is 2. The van der Waals surface area contributed by atoms with Crippen molar-refractivity contribution in [3.8, 4) is 0 Å². The fraction of sp³-hybridized carbons (Fsp3) is 0.593. The number of hydrogen-bond donors (Lipinski definition) is 1. The molecule has 1 aromatic carbocycles. The molecule has 4 heterocycles. The molecule has 0 radical (unpaired) electrons. The number of aromatic nitrogens is 2. The molecule has 39 heavy (non-hydrogen) atoms. The van der Waals surface area contributed by atoms with Crippen LogP contribution in [0.25, 0.3) is 0 Å². The van der Waals surface area contributed by atoms with Crippen LogP contribution in [0.5, 0.6) is 0 Å². The van der Waals surface area contributed by atoms with Crippen molar-refractivity contribution in [1.29, 1.82) is 0 Å². The molecule has 12 heteroatoms. The van der Waals surface area contributed by atoms with Gasteiger partial charge in [0.2, 0.25) is 5.95 Å². The Hall–Kier alpha value is -2.86. The molecule has 4 aliphatic rings. The minimum atomic E-state index is -3.57. The largest absolute Gasteiger partial charge is 0.379 e. The molecule has 1 aromatic heterocycles. The fourth-order valence-corrected chi connectivity index (χ4v) is 7.07. The van der Waals surface area contributed by atoms with Crippen molar-refractivity contribution in [2.75, 3.05) is 54.5 Å². The van der Waals surface area contributed by atoms with Crippen LogP contribution in [-0.4, -0.2) is 74.9 Å². The lowest BCUT2D eigenvalue weighted by atomic mass is 9.93. The molecule has 3 saturated heterocycles. The molecule has 0 bridgehead atoms. The van der Waals surface area contributed by atoms with Crippen LogP contribution in [0.2, 0.25) is 0 Å². The number of hydrogen-bond acceptors (Lipinski definition) is 8. The first-order chi connectivity index (χ1) is 18.5. The molecule has 1 N–H and O–H groups in total. The number of anilines is 3. The van der Waals surface area contributed by atoms with E-state index in [9.17, 15) is 22.0 Å². The third kappa shape index (κ3) is 5.32. The van der Waals surface area contributed by atoms with E-state index in [1.54, 1.807) is 30.0 Å². The molecule has 6 rings (SSSR count). The van der Waals surface area contributed by atoms with Crippen molar-refractivity contribution >= 4 is 33.2 Å². The summed E-state index contributed by atoms with van der Waals surface area (Å²) in [5, 5.41) is 2.27. The fourth-order valence-electron chi connectivity index (χ4n) is 5.60. The maximum absolute atomic E-state index is 13.6. The Bertz CT molecular complexity index is 1370. The van der Waals surface area contributed by atoms with Crippen molar-refractivity contribution in [3.63, 3.8) is 0 Å². The monoisotopic (exact) mass is 561 g/mol. The number of piperidine rings is 2. The Morgan fingerprint density at radius 3 is 2.26 bits per heavy atom. The second-order valence-corrected chi connectivity index (χ2v) is 13.6. The van der Waals surface area contributed by atoms with Crippen LogP contribution in [0.1, 0.15) is 54.6 Å². The van der Waals surface area contributed by atoms with E-state index >= 15 is 0 Å². The van der Waals surface area contributed by atoms with Crippen LogP contribution in [0.4, 0.5) is 26.2 Å². The first kappa shape index (κ1) is 26.4. The Morgan fingerprint density at radius 2 is 1.64 bits per heavy atom. The summed E-state index contributed by atoms with van der Waals surface area (Å²) in [5.74, 6) is -2.53. The number of nitrogens with one attached hydrogen (secondary N) is 1. The molecule has 1 spiro atoms. The van der Waals surface area contributed by atoms with Gasteiger partial charge in [-0.05, 0) is 56.2 Å². The molecule has 4 fully saturated rings. The second-order valence-electron chi connectivity index (χ2n) is 11.4. The van der Waals surface area contributed by atoms with Crippen LogP contribution in [0, 0.1) is 12.3 Å². The van der Waals surface area contributed by atoms with Gasteiger partial charge in [-0.3, -0.25) is 4.79 Å². The summed E-state index contributed by atoms with van der Waals surface area (Å²) >= 11 is 0. The van der Waals surface area contributed by atoms with E-state index in [2.05, 4.69) is 20.2 Å². The topological polar surface area (TPSA) is 105 Å². The molecule has 1 amide bonds. The number of rotatable bonds is 6. The van der Waals surface area contributed by atoms with Crippen molar-refractivity contribution < 1.29 is 26.7 Å². The Morgan fingerprint density at radius 1 is 0.974 bits per heavy atom. The number of halogens is 2. The van der Waals surface area contributed by atoms with Crippen molar-refractivity contribution in [3.05, 3.63) is 35.5 Å². The highest BCUT2D eigenvalue weighted by molar-refractivity contribution is 7.92. The minimum absolute atomic E-state index is 0.131. The van der Waals surface area contributed by atoms with E-state index < -0.39 is 26.9 Å². The normalized spacial score (nSPS) is 22.4. The number of sulfone groups is 1. The number of aryl methyl sites for hydroxylation is 1. The predicted molar refractivity (Wildman–Crippen MR) is 142 cm³/mol. The zero-order chi connectivity index (χ0) is 27.4. The van der Waals surface area contributed by atoms with Gasteiger partial charge in [0.05, 0.1) is 29.4 Å². The van der Waals surface area contributed by atoms with E-state index in [0.29, 0.717) is 28.3 Å². The summed E-state index contributed by atoms with van der Waals surface area (Å²) in [6, 6.07) is 6.31.